The van der Waals surface area contributed by atoms with E-state index in [0.717, 1.165) is 25.9 Å². The lowest BCUT2D eigenvalue weighted by Crippen LogP contribution is -2.44. The van der Waals surface area contributed by atoms with Crippen LogP contribution in [0.25, 0.3) is 0 Å². The van der Waals surface area contributed by atoms with Crippen LogP contribution in [0.3, 0.4) is 0 Å². The van der Waals surface area contributed by atoms with E-state index in [-0.39, 0.29) is 11.7 Å². The fourth-order valence-corrected chi connectivity index (χ4v) is 2.75. The molecule has 0 aliphatic carbocycles. The fourth-order valence-electron chi connectivity index (χ4n) is 2.75. The summed E-state index contributed by atoms with van der Waals surface area (Å²) in [5, 5.41) is 0. The first kappa shape index (κ1) is 15.7. The Morgan fingerprint density at radius 3 is 2.38 bits per heavy atom. The van der Waals surface area contributed by atoms with E-state index in [2.05, 4.69) is 11.9 Å². The SMILES string of the molecule is CN1CCC(N(C)C(=O)CCC(=O)c2ccccc2)CC1. The maximum absolute atomic E-state index is 12.2. The first-order valence-electron chi connectivity index (χ1n) is 7.60. The van der Waals surface area contributed by atoms with Gasteiger partial charge in [0.05, 0.1) is 0 Å². The summed E-state index contributed by atoms with van der Waals surface area (Å²) >= 11 is 0. The lowest BCUT2D eigenvalue weighted by molar-refractivity contribution is -0.132. The fraction of sp³-hybridized carbons (Fsp3) is 0.529. The Kier molecular flexibility index (Phi) is 5.51. The molecule has 2 rings (SSSR count). The quantitative estimate of drug-likeness (QED) is 0.780. The number of carbonyl (C=O) groups excluding carboxylic acids is 2. The van der Waals surface area contributed by atoms with Gasteiger partial charge in [-0.05, 0) is 33.0 Å². The molecular weight excluding hydrogens is 264 g/mol. The molecule has 1 aliphatic rings. The number of amides is 1. The molecule has 0 unspecified atom stereocenters. The Balaban J connectivity index is 1.80. The summed E-state index contributed by atoms with van der Waals surface area (Å²) in [6.45, 7) is 2.07. The van der Waals surface area contributed by atoms with Gasteiger partial charge in [-0.25, -0.2) is 0 Å². The molecule has 0 aromatic heterocycles. The van der Waals surface area contributed by atoms with Gasteiger partial charge in [0.2, 0.25) is 5.91 Å². The normalized spacial score (nSPS) is 16.7. The second-order valence-electron chi connectivity index (χ2n) is 5.83. The lowest BCUT2D eigenvalue weighted by Gasteiger charge is -2.35. The standard InChI is InChI=1S/C17H24N2O2/c1-18-12-10-15(11-13-18)19(2)17(21)9-8-16(20)14-6-4-3-5-7-14/h3-7,15H,8-13H2,1-2H3. The number of carbonyl (C=O) groups is 2. The zero-order chi connectivity index (χ0) is 15.2. The average molecular weight is 288 g/mol. The maximum atomic E-state index is 12.2. The molecule has 0 radical (unpaired) electrons. The maximum Gasteiger partial charge on any atom is 0.223 e. The Hall–Kier alpha value is -1.68. The minimum absolute atomic E-state index is 0.0423. The van der Waals surface area contributed by atoms with Crippen LogP contribution in [0, 0.1) is 0 Å². The highest BCUT2D eigenvalue weighted by Gasteiger charge is 2.24. The molecule has 21 heavy (non-hydrogen) atoms. The third kappa shape index (κ3) is 4.39. The smallest absolute Gasteiger partial charge is 0.223 e. The number of Topliss-reactive ketones (excluding diaryl/α,β-unsaturated/α-hetero) is 1. The van der Waals surface area contributed by atoms with Gasteiger partial charge in [-0.3, -0.25) is 9.59 Å². The van der Waals surface area contributed by atoms with Crippen LogP contribution < -0.4 is 0 Å². The van der Waals surface area contributed by atoms with Crippen LogP contribution in [0.1, 0.15) is 36.0 Å². The molecule has 0 saturated carbocycles. The van der Waals surface area contributed by atoms with E-state index in [4.69, 9.17) is 0 Å². The second kappa shape index (κ2) is 7.36. The third-order valence-electron chi connectivity index (χ3n) is 4.29. The molecule has 1 aliphatic heterocycles. The van der Waals surface area contributed by atoms with Gasteiger partial charge in [0.25, 0.3) is 0 Å². The van der Waals surface area contributed by atoms with Crippen molar-refractivity contribution in [3.05, 3.63) is 35.9 Å². The number of benzene rings is 1. The van der Waals surface area contributed by atoms with Crippen LogP contribution in [0.5, 0.6) is 0 Å². The number of likely N-dealkylation sites (tertiary alicyclic amines) is 1. The van der Waals surface area contributed by atoms with Gasteiger partial charge in [-0.2, -0.15) is 0 Å². The van der Waals surface area contributed by atoms with Crippen molar-refractivity contribution >= 4 is 11.7 Å². The number of hydrogen-bond acceptors (Lipinski definition) is 3. The minimum atomic E-state index is 0.0423. The van der Waals surface area contributed by atoms with E-state index in [9.17, 15) is 9.59 Å². The molecule has 1 aromatic carbocycles. The van der Waals surface area contributed by atoms with E-state index < -0.39 is 0 Å². The Labute approximate surface area is 126 Å². The zero-order valence-corrected chi connectivity index (χ0v) is 12.9. The molecule has 1 amide bonds. The summed E-state index contributed by atoms with van der Waals surface area (Å²) < 4.78 is 0. The molecule has 4 heteroatoms. The van der Waals surface area contributed by atoms with Crippen molar-refractivity contribution in [2.24, 2.45) is 0 Å². The summed E-state index contributed by atoms with van der Waals surface area (Å²) in [6.07, 6.45) is 2.63. The predicted molar refractivity (Wildman–Crippen MR) is 83.3 cm³/mol. The van der Waals surface area contributed by atoms with Crippen LogP contribution >= 0.6 is 0 Å². The van der Waals surface area contributed by atoms with Crippen LogP contribution in [-0.2, 0) is 4.79 Å². The molecule has 1 saturated heterocycles. The van der Waals surface area contributed by atoms with E-state index in [1.165, 1.54) is 0 Å². The highest BCUT2D eigenvalue weighted by atomic mass is 16.2. The Morgan fingerprint density at radius 1 is 1.14 bits per heavy atom. The summed E-state index contributed by atoms with van der Waals surface area (Å²) in [5.74, 6) is 0.120. The minimum Gasteiger partial charge on any atom is -0.343 e. The molecule has 1 heterocycles. The number of hydrogen-bond donors (Lipinski definition) is 0. The van der Waals surface area contributed by atoms with Gasteiger partial charge in [0.1, 0.15) is 0 Å². The number of piperidine rings is 1. The van der Waals surface area contributed by atoms with E-state index in [1.807, 2.05) is 30.1 Å². The Morgan fingerprint density at radius 2 is 1.76 bits per heavy atom. The van der Waals surface area contributed by atoms with E-state index in [1.54, 1.807) is 12.1 Å². The van der Waals surface area contributed by atoms with Crippen molar-refractivity contribution in [2.45, 2.75) is 31.7 Å². The largest absolute Gasteiger partial charge is 0.343 e. The van der Waals surface area contributed by atoms with Crippen LogP contribution in [0.2, 0.25) is 0 Å². The van der Waals surface area contributed by atoms with Crippen LogP contribution in [0.15, 0.2) is 30.3 Å². The average Bonchev–Trinajstić information content (AvgIpc) is 2.53. The Bertz CT molecular complexity index is 479. The monoisotopic (exact) mass is 288 g/mol. The van der Waals surface area contributed by atoms with Gasteiger partial charge in [0.15, 0.2) is 5.78 Å². The zero-order valence-electron chi connectivity index (χ0n) is 12.9. The van der Waals surface area contributed by atoms with Crippen LogP contribution in [0.4, 0.5) is 0 Å². The van der Waals surface area contributed by atoms with E-state index >= 15 is 0 Å². The first-order chi connectivity index (χ1) is 10.1. The summed E-state index contributed by atoms with van der Waals surface area (Å²) in [5.41, 5.74) is 0.687. The van der Waals surface area contributed by atoms with Crippen LogP contribution in [-0.4, -0.2) is 54.7 Å². The first-order valence-corrected chi connectivity index (χ1v) is 7.60. The van der Waals surface area contributed by atoms with E-state index in [0.29, 0.717) is 24.4 Å². The summed E-state index contributed by atoms with van der Waals surface area (Å²) in [6, 6.07) is 9.50. The molecule has 4 nitrogen and oxygen atoms in total. The van der Waals surface area contributed by atoms with Gasteiger partial charge in [0, 0.05) is 31.5 Å². The van der Waals surface area contributed by atoms with Crippen molar-refractivity contribution < 1.29 is 9.59 Å². The molecule has 0 atom stereocenters. The molecule has 0 bridgehead atoms. The highest BCUT2D eigenvalue weighted by molar-refractivity contribution is 5.97. The van der Waals surface area contributed by atoms with Crippen molar-refractivity contribution in [2.75, 3.05) is 27.2 Å². The summed E-state index contributed by atoms with van der Waals surface area (Å²) in [4.78, 5) is 28.4. The van der Waals surface area contributed by atoms with Crippen molar-refractivity contribution in [3.63, 3.8) is 0 Å². The molecule has 0 spiro atoms. The second-order valence-corrected chi connectivity index (χ2v) is 5.83. The van der Waals surface area contributed by atoms with Gasteiger partial charge < -0.3 is 9.80 Å². The topological polar surface area (TPSA) is 40.6 Å². The molecule has 1 aromatic rings. The molecule has 1 fully saturated rings. The van der Waals surface area contributed by atoms with Crippen molar-refractivity contribution in [1.82, 2.24) is 9.80 Å². The number of ketones is 1. The third-order valence-corrected chi connectivity index (χ3v) is 4.29. The lowest BCUT2D eigenvalue weighted by atomic mass is 10.0. The number of nitrogens with zero attached hydrogens (tertiary/aromatic N) is 2. The van der Waals surface area contributed by atoms with Gasteiger partial charge in [-0.1, -0.05) is 30.3 Å². The van der Waals surface area contributed by atoms with Gasteiger partial charge >= 0.3 is 0 Å². The summed E-state index contributed by atoms with van der Waals surface area (Å²) in [7, 11) is 3.97. The highest BCUT2D eigenvalue weighted by Crippen LogP contribution is 2.16. The van der Waals surface area contributed by atoms with Crippen molar-refractivity contribution in [3.8, 4) is 0 Å². The molecular formula is C17H24N2O2. The van der Waals surface area contributed by atoms with Crippen molar-refractivity contribution in [1.29, 1.82) is 0 Å². The number of rotatable bonds is 5. The molecule has 114 valence electrons. The van der Waals surface area contributed by atoms with Gasteiger partial charge in [-0.15, -0.1) is 0 Å². The molecule has 0 N–H and O–H groups in total. The predicted octanol–water partition coefficient (Wildman–Crippen LogP) is 2.20.